The summed E-state index contributed by atoms with van der Waals surface area (Å²) < 4.78 is 27.4. The largest absolute Gasteiger partial charge is 0.326 e. The highest BCUT2D eigenvalue weighted by Gasteiger charge is 2.29. The summed E-state index contributed by atoms with van der Waals surface area (Å²) in [5.74, 6) is 0. The number of rotatable bonds is 3. The van der Waals surface area contributed by atoms with Gasteiger partial charge in [0.05, 0.1) is 11.4 Å². The van der Waals surface area contributed by atoms with E-state index in [0.29, 0.717) is 11.4 Å². The molecule has 1 fully saturated rings. The van der Waals surface area contributed by atoms with Crippen molar-refractivity contribution in [2.24, 2.45) is 5.73 Å². The SMILES string of the molecule is Cc1n[nH]c(C)c1S(=O)(=O)N[C@@H]1CCCC[C@H]1N. The van der Waals surface area contributed by atoms with Crippen LogP contribution in [-0.2, 0) is 10.0 Å². The van der Waals surface area contributed by atoms with Crippen molar-refractivity contribution in [1.82, 2.24) is 14.9 Å². The topological polar surface area (TPSA) is 101 Å². The van der Waals surface area contributed by atoms with Gasteiger partial charge < -0.3 is 5.73 Å². The van der Waals surface area contributed by atoms with E-state index in [9.17, 15) is 8.42 Å². The van der Waals surface area contributed by atoms with Gasteiger partial charge in [-0.3, -0.25) is 5.10 Å². The van der Waals surface area contributed by atoms with Crippen LogP contribution in [0.25, 0.3) is 0 Å². The molecule has 0 unspecified atom stereocenters. The van der Waals surface area contributed by atoms with Crippen molar-refractivity contribution >= 4 is 10.0 Å². The number of nitrogens with zero attached hydrogens (tertiary/aromatic N) is 1. The average Bonchev–Trinajstić information content (AvgIpc) is 2.62. The molecule has 1 saturated carbocycles. The lowest BCUT2D eigenvalue weighted by atomic mass is 9.92. The summed E-state index contributed by atoms with van der Waals surface area (Å²) in [5, 5.41) is 6.61. The Hall–Kier alpha value is -0.920. The van der Waals surface area contributed by atoms with Crippen LogP contribution in [-0.4, -0.2) is 30.7 Å². The summed E-state index contributed by atoms with van der Waals surface area (Å²) in [7, 11) is -3.53. The minimum absolute atomic E-state index is 0.0963. The second-order valence-corrected chi connectivity index (χ2v) is 6.59. The lowest BCUT2D eigenvalue weighted by Crippen LogP contribution is -2.49. The van der Waals surface area contributed by atoms with Crippen LogP contribution >= 0.6 is 0 Å². The molecule has 2 rings (SSSR count). The van der Waals surface area contributed by atoms with Crippen molar-refractivity contribution < 1.29 is 8.42 Å². The van der Waals surface area contributed by atoms with Gasteiger partial charge in [-0.25, -0.2) is 13.1 Å². The first-order chi connectivity index (χ1) is 8.42. The van der Waals surface area contributed by atoms with Crippen molar-refractivity contribution in [2.45, 2.75) is 56.5 Å². The van der Waals surface area contributed by atoms with Gasteiger partial charge in [0.1, 0.15) is 4.90 Å². The Balaban J connectivity index is 2.22. The molecule has 0 spiro atoms. The van der Waals surface area contributed by atoms with Crippen molar-refractivity contribution in [3.8, 4) is 0 Å². The van der Waals surface area contributed by atoms with Gasteiger partial charge >= 0.3 is 0 Å². The van der Waals surface area contributed by atoms with Crippen LogP contribution in [0.2, 0.25) is 0 Å². The molecule has 102 valence electrons. The maximum absolute atomic E-state index is 12.3. The monoisotopic (exact) mass is 272 g/mol. The number of aryl methyl sites for hydroxylation is 2. The second kappa shape index (κ2) is 4.99. The average molecular weight is 272 g/mol. The predicted octanol–water partition coefficient (Wildman–Crippen LogP) is 0.575. The summed E-state index contributed by atoms with van der Waals surface area (Å²) in [4.78, 5) is 0.250. The van der Waals surface area contributed by atoms with Crippen molar-refractivity contribution in [3.05, 3.63) is 11.4 Å². The molecule has 7 heteroatoms. The van der Waals surface area contributed by atoms with Gasteiger partial charge in [0.25, 0.3) is 0 Å². The third kappa shape index (κ3) is 2.57. The Labute approximate surface area is 107 Å². The zero-order valence-electron chi connectivity index (χ0n) is 10.7. The number of H-pyrrole nitrogens is 1. The quantitative estimate of drug-likeness (QED) is 0.749. The lowest BCUT2D eigenvalue weighted by Gasteiger charge is -2.29. The van der Waals surface area contributed by atoms with Gasteiger partial charge in [-0.15, -0.1) is 0 Å². The molecule has 1 aliphatic rings. The van der Waals surface area contributed by atoms with E-state index in [4.69, 9.17) is 5.73 Å². The van der Waals surface area contributed by atoms with Crippen LogP contribution in [0.15, 0.2) is 4.90 Å². The van der Waals surface area contributed by atoms with E-state index in [-0.39, 0.29) is 17.0 Å². The summed E-state index contributed by atoms with van der Waals surface area (Å²) in [6.07, 6.45) is 3.76. The number of sulfonamides is 1. The highest BCUT2D eigenvalue weighted by molar-refractivity contribution is 7.89. The van der Waals surface area contributed by atoms with E-state index in [1.807, 2.05) is 0 Å². The summed E-state index contributed by atoms with van der Waals surface area (Å²) in [5.41, 5.74) is 7.02. The molecule has 0 bridgehead atoms. The molecule has 1 heterocycles. The maximum atomic E-state index is 12.3. The number of hydrogen-bond donors (Lipinski definition) is 3. The Morgan fingerprint density at radius 2 is 2.00 bits per heavy atom. The standard InChI is InChI=1S/C11H20N4O2S/c1-7-11(8(2)14-13-7)18(16,17)15-10-6-4-3-5-9(10)12/h9-10,15H,3-6,12H2,1-2H3,(H,13,14)/t9-,10-/m1/s1. The molecule has 0 radical (unpaired) electrons. The molecule has 0 aromatic carbocycles. The van der Waals surface area contributed by atoms with E-state index in [0.717, 1.165) is 25.7 Å². The zero-order chi connectivity index (χ0) is 13.3. The fraction of sp³-hybridized carbons (Fsp3) is 0.727. The summed E-state index contributed by atoms with van der Waals surface area (Å²) in [6.45, 7) is 3.38. The molecule has 1 aliphatic carbocycles. The second-order valence-electron chi connectivity index (χ2n) is 4.94. The zero-order valence-corrected chi connectivity index (χ0v) is 11.5. The van der Waals surface area contributed by atoms with E-state index in [1.54, 1.807) is 13.8 Å². The molecule has 1 aromatic rings. The van der Waals surface area contributed by atoms with Crippen LogP contribution in [0, 0.1) is 13.8 Å². The molecular formula is C11H20N4O2S. The molecular weight excluding hydrogens is 252 g/mol. The van der Waals surface area contributed by atoms with Gasteiger partial charge in [0.2, 0.25) is 10.0 Å². The van der Waals surface area contributed by atoms with Gasteiger partial charge in [-0.05, 0) is 26.7 Å². The van der Waals surface area contributed by atoms with E-state index >= 15 is 0 Å². The highest BCUT2D eigenvalue weighted by atomic mass is 32.2. The Morgan fingerprint density at radius 1 is 1.33 bits per heavy atom. The van der Waals surface area contributed by atoms with E-state index in [1.165, 1.54) is 0 Å². The van der Waals surface area contributed by atoms with Crippen LogP contribution in [0.3, 0.4) is 0 Å². The highest BCUT2D eigenvalue weighted by Crippen LogP contribution is 2.21. The van der Waals surface area contributed by atoms with Crippen molar-refractivity contribution in [1.29, 1.82) is 0 Å². The Morgan fingerprint density at radius 3 is 2.56 bits per heavy atom. The normalized spacial score (nSPS) is 25.3. The molecule has 0 amide bonds. The first-order valence-electron chi connectivity index (χ1n) is 6.21. The summed E-state index contributed by atoms with van der Waals surface area (Å²) >= 11 is 0. The van der Waals surface area contributed by atoms with Crippen molar-refractivity contribution in [2.75, 3.05) is 0 Å². The van der Waals surface area contributed by atoms with Gasteiger partial charge in [0, 0.05) is 12.1 Å². The van der Waals surface area contributed by atoms with Crippen molar-refractivity contribution in [3.63, 3.8) is 0 Å². The molecule has 1 aromatic heterocycles. The Kier molecular flexibility index (Phi) is 3.74. The smallest absolute Gasteiger partial charge is 0.244 e. The van der Waals surface area contributed by atoms with Crippen LogP contribution in [0.5, 0.6) is 0 Å². The maximum Gasteiger partial charge on any atom is 0.244 e. The van der Waals surface area contributed by atoms with Gasteiger partial charge in [-0.2, -0.15) is 5.10 Å². The third-order valence-corrected chi connectivity index (χ3v) is 5.21. The third-order valence-electron chi connectivity index (χ3n) is 3.46. The Bertz CT molecular complexity index is 504. The molecule has 0 saturated heterocycles. The van der Waals surface area contributed by atoms with E-state index < -0.39 is 10.0 Å². The van der Waals surface area contributed by atoms with Crippen LogP contribution in [0.4, 0.5) is 0 Å². The van der Waals surface area contributed by atoms with Crippen LogP contribution in [0.1, 0.15) is 37.1 Å². The fourth-order valence-electron chi connectivity index (χ4n) is 2.50. The molecule has 18 heavy (non-hydrogen) atoms. The molecule has 2 atom stereocenters. The molecule has 6 nitrogen and oxygen atoms in total. The predicted molar refractivity (Wildman–Crippen MR) is 68.6 cm³/mol. The van der Waals surface area contributed by atoms with Crippen LogP contribution < -0.4 is 10.5 Å². The number of hydrogen-bond acceptors (Lipinski definition) is 4. The number of nitrogens with one attached hydrogen (secondary N) is 2. The lowest BCUT2D eigenvalue weighted by molar-refractivity contribution is 0.361. The first kappa shape index (κ1) is 13.5. The van der Waals surface area contributed by atoms with Gasteiger partial charge in [0.15, 0.2) is 0 Å². The number of aromatic amines is 1. The summed E-state index contributed by atoms with van der Waals surface area (Å²) in [6, 6.07) is -0.265. The van der Waals surface area contributed by atoms with Gasteiger partial charge in [-0.1, -0.05) is 12.8 Å². The number of nitrogens with two attached hydrogens (primary N) is 1. The first-order valence-corrected chi connectivity index (χ1v) is 7.69. The minimum Gasteiger partial charge on any atom is -0.326 e. The molecule has 4 N–H and O–H groups in total. The number of aromatic nitrogens is 2. The fourth-order valence-corrected chi connectivity index (χ4v) is 4.19. The molecule has 0 aliphatic heterocycles. The minimum atomic E-state index is -3.53. The van der Waals surface area contributed by atoms with E-state index in [2.05, 4.69) is 14.9 Å².